The first-order valence-electron chi connectivity index (χ1n) is 8.13. The van der Waals surface area contributed by atoms with Crippen LogP contribution >= 0.6 is 0 Å². The van der Waals surface area contributed by atoms with E-state index in [1.807, 2.05) is 0 Å². The molecule has 0 saturated carbocycles. The fourth-order valence-electron chi connectivity index (χ4n) is 1.89. The molecular formula is C16H42O4SiZr. The van der Waals surface area contributed by atoms with Gasteiger partial charge < -0.3 is 20.9 Å². The second-order valence-corrected chi connectivity index (χ2v) is 10.7. The van der Waals surface area contributed by atoms with Crippen molar-refractivity contribution in [3.8, 4) is 0 Å². The van der Waals surface area contributed by atoms with Gasteiger partial charge in [-0.3, -0.25) is 0 Å². The topological polar surface area (TPSA) is 103 Å². The van der Waals surface area contributed by atoms with Gasteiger partial charge in [0.05, 0.1) is 5.60 Å². The third kappa shape index (κ3) is 32.8. The van der Waals surface area contributed by atoms with Gasteiger partial charge in [0.15, 0.2) is 8.32 Å². The van der Waals surface area contributed by atoms with E-state index in [9.17, 15) is 4.80 Å². The normalized spacial score (nSPS) is 10.4. The first kappa shape index (κ1) is 34.3. The predicted molar refractivity (Wildman–Crippen MR) is 96.3 cm³/mol. The van der Waals surface area contributed by atoms with E-state index in [1.54, 1.807) is 20.8 Å². The van der Waals surface area contributed by atoms with Crippen LogP contribution in [0.2, 0.25) is 18.1 Å². The van der Waals surface area contributed by atoms with Gasteiger partial charge in [0.2, 0.25) is 0 Å². The van der Waals surface area contributed by atoms with Crippen LogP contribution in [0.3, 0.4) is 0 Å². The number of rotatable bonds is 9. The van der Waals surface area contributed by atoms with Crippen LogP contribution < -0.4 is 0 Å². The maximum Gasteiger partial charge on any atom is 0.188 e. The molecule has 0 heterocycles. The molecule has 0 bridgehead atoms. The zero-order chi connectivity index (χ0) is 15.4. The van der Waals surface area contributed by atoms with Gasteiger partial charge in [-0.05, 0) is 38.9 Å². The summed E-state index contributed by atoms with van der Waals surface area (Å²) in [5.74, 6) is 0. The molecular weight excluding hydrogens is 375 g/mol. The Morgan fingerprint density at radius 2 is 0.909 bits per heavy atom. The van der Waals surface area contributed by atoms with Gasteiger partial charge in [-0.25, -0.2) is 0 Å². The molecule has 0 spiro atoms. The van der Waals surface area contributed by atoms with Crippen molar-refractivity contribution < 1.29 is 47.1 Å². The molecule has 0 aromatic carbocycles. The van der Waals surface area contributed by atoms with Crippen molar-refractivity contribution >= 4 is 8.32 Å². The van der Waals surface area contributed by atoms with Crippen molar-refractivity contribution in [2.75, 3.05) is 0 Å². The van der Waals surface area contributed by atoms with Gasteiger partial charge in [0, 0.05) is 26.2 Å². The van der Waals surface area contributed by atoms with Crippen LogP contribution in [0.5, 0.6) is 0 Å². The predicted octanol–water partition coefficient (Wildman–Crippen LogP) is 3.45. The van der Waals surface area contributed by atoms with Gasteiger partial charge >= 0.3 is 0 Å². The van der Waals surface area contributed by atoms with Crippen LogP contribution in [-0.2, 0) is 26.2 Å². The van der Waals surface area contributed by atoms with Gasteiger partial charge in [0.1, 0.15) is 0 Å². The molecule has 0 aliphatic rings. The second-order valence-electron chi connectivity index (χ2n) is 6.71. The average Bonchev–Trinajstić information content (AvgIpc) is 2.30. The van der Waals surface area contributed by atoms with Crippen molar-refractivity contribution in [3.05, 3.63) is 0 Å². The summed E-state index contributed by atoms with van der Waals surface area (Å²) in [7, 11) is -1.81. The molecule has 138 valence electrons. The minimum absolute atomic E-state index is 0. The second kappa shape index (κ2) is 20.0. The fraction of sp³-hybridized carbons (Fsp3) is 1.00. The summed E-state index contributed by atoms with van der Waals surface area (Å²) in [4.78, 5) is 10.5. The first-order chi connectivity index (χ1) is 8.68. The van der Waals surface area contributed by atoms with Crippen LogP contribution in [0.4, 0.5) is 0 Å². The average molecular weight is 418 g/mol. The van der Waals surface area contributed by atoms with Crippen LogP contribution in [0, 0.1) is 0 Å². The molecule has 0 aliphatic carbocycles. The van der Waals surface area contributed by atoms with Crippen molar-refractivity contribution in [2.45, 2.75) is 104 Å². The Morgan fingerprint density at radius 3 is 1.05 bits per heavy atom. The van der Waals surface area contributed by atoms with Crippen molar-refractivity contribution in [1.82, 2.24) is 0 Å². The molecule has 0 unspecified atom stereocenters. The summed E-state index contributed by atoms with van der Waals surface area (Å²) in [6.07, 6.45) is 7.39. The molecule has 0 fully saturated rings. The Kier molecular flexibility index (Phi) is 31.2. The Balaban J connectivity index is -0.000000105. The van der Waals surface area contributed by atoms with Crippen LogP contribution in [0.15, 0.2) is 0 Å². The van der Waals surface area contributed by atoms with Gasteiger partial charge in [-0.15, -0.1) is 0 Å². The zero-order valence-electron chi connectivity index (χ0n) is 15.8. The Labute approximate surface area is 159 Å². The van der Waals surface area contributed by atoms with E-state index in [4.69, 9.17) is 5.11 Å². The molecule has 6 heteroatoms. The molecule has 0 aromatic heterocycles. The first-order valence-corrected chi connectivity index (χ1v) is 10.7. The number of hydrogen-bond donors (Lipinski definition) is 2. The molecule has 22 heavy (non-hydrogen) atoms. The monoisotopic (exact) mass is 416 g/mol. The van der Waals surface area contributed by atoms with Gasteiger partial charge in [-0.1, -0.05) is 59.3 Å². The molecule has 0 saturated heterocycles. The Hall–Kier alpha value is 0.940. The number of aliphatic hydroxyl groups is 1. The third-order valence-corrected chi connectivity index (χ3v) is 6.84. The molecule has 6 N–H and O–H groups in total. The van der Waals surface area contributed by atoms with E-state index < -0.39 is 13.9 Å². The summed E-state index contributed by atoms with van der Waals surface area (Å²) in [6, 6.07) is 3.43. The maximum absolute atomic E-state index is 10.5. The van der Waals surface area contributed by atoms with E-state index in [1.165, 1.54) is 38.5 Å². The fourth-order valence-corrected chi connectivity index (χ4v) is 5.68. The van der Waals surface area contributed by atoms with Crippen LogP contribution in [0.1, 0.15) is 80.1 Å². The van der Waals surface area contributed by atoms with E-state index >= 15 is 0 Å². The summed E-state index contributed by atoms with van der Waals surface area (Å²) in [5.41, 5.74) is -0.500. The van der Waals surface area contributed by atoms with Gasteiger partial charge in [0.25, 0.3) is 0 Å². The van der Waals surface area contributed by atoms with Crippen molar-refractivity contribution in [2.24, 2.45) is 0 Å². The molecule has 4 nitrogen and oxygen atoms in total. The molecule has 0 aliphatic heterocycles. The zero-order valence-corrected chi connectivity index (χ0v) is 19.2. The van der Waals surface area contributed by atoms with E-state index in [0.29, 0.717) is 0 Å². The quantitative estimate of drug-likeness (QED) is 0.561. The summed E-state index contributed by atoms with van der Waals surface area (Å²) in [6.45, 7) is 11.9. The minimum atomic E-state index is -1.81. The molecule has 0 radical (unpaired) electrons. The molecule has 0 rings (SSSR count). The SMILES string of the molecule is CC(C)(C)O.CCCC[Si](O)(CCCC)CCCC.O.O.[Zr]. The van der Waals surface area contributed by atoms with Crippen molar-refractivity contribution in [1.29, 1.82) is 0 Å². The van der Waals surface area contributed by atoms with Crippen LogP contribution in [0.25, 0.3) is 0 Å². The molecule has 0 amide bonds. The van der Waals surface area contributed by atoms with Gasteiger partial charge in [-0.2, -0.15) is 0 Å². The largest absolute Gasteiger partial charge is 0.432 e. The summed E-state index contributed by atoms with van der Waals surface area (Å²) < 4.78 is 0. The van der Waals surface area contributed by atoms with E-state index in [2.05, 4.69) is 20.8 Å². The van der Waals surface area contributed by atoms with E-state index in [0.717, 1.165) is 18.1 Å². The van der Waals surface area contributed by atoms with Crippen molar-refractivity contribution in [3.63, 3.8) is 0 Å². The summed E-state index contributed by atoms with van der Waals surface area (Å²) in [5, 5.41) is 8.52. The third-order valence-electron chi connectivity index (χ3n) is 2.99. The van der Waals surface area contributed by atoms with E-state index in [-0.39, 0.29) is 37.2 Å². The standard InChI is InChI=1S/C12H28OSi.C4H10O.2H2O.Zr/c1-4-7-10-14(13,11-8-5-2)12-9-6-3;1-4(2,3)5;;;/h13H,4-12H2,1-3H3;5H,1-3H3;2*1H2;. The molecule has 0 atom stereocenters. The number of unbranched alkanes of at least 4 members (excludes halogenated alkanes) is 3. The van der Waals surface area contributed by atoms with Crippen LogP contribution in [-0.4, -0.2) is 34.8 Å². The number of hydrogen-bond acceptors (Lipinski definition) is 2. The molecule has 0 aromatic rings. The minimum Gasteiger partial charge on any atom is -0.432 e. The summed E-state index contributed by atoms with van der Waals surface area (Å²) >= 11 is 0. The maximum atomic E-state index is 10.5. The smallest absolute Gasteiger partial charge is 0.188 e. The Bertz CT molecular complexity index is 171. The Morgan fingerprint density at radius 1 is 0.727 bits per heavy atom.